The molecule has 0 fully saturated rings. The van der Waals surface area contributed by atoms with E-state index in [4.69, 9.17) is 17.0 Å². The van der Waals surface area contributed by atoms with Gasteiger partial charge < -0.3 is 9.72 Å². The summed E-state index contributed by atoms with van der Waals surface area (Å²) in [7, 11) is 0. The van der Waals surface area contributed by atoms with Crippen LogP contribution in [0, 0.1) is 10.6 Å². The Morgan fingerprint density at radius 1 is 1.47 bits per heavy atom. The van der Waals surface area contributed by atoms with E-state index in [9.17, 15) is 0 Å². The first-order valence-corrected chi connectivity index (χ1v) is 7.51. The van der Waals surface area contributed by atoms with E-state index < -0.39 is 0 Å². The van der Waals surface area contributed by atoms with E-state index in [1.54, 1.807) is 0 Å². The van der Waals surface area contributed by atoms with Crippen molar-refractivity contribution in [2.24, 2.45) is 5.92 Å². The number of fused-ring (bicyclic) bond motifs is 1. The minimum atomic E-state index is 0.0117. The first kappa shape index (κ1) is 13.1. The molecule has 1 aromatic heterocycles. The summed E-state index contributed by atoms with van der Waals surface area (Å²) in [6.07, 6.45) is 0.0117. The molecule has 0 saturated carbocycles. The van der Waals surface area contributed by atoms with Crippen molar-refractivity contribution in [2.45, 2.75) is 38.4 Å². The zero-order valence-corrected chi connectivity index (χ0v) is 12.1. The fraction of sp³-hybridized carbons (Fsp3) is 0.667. The van der Waals surface area contributed by atoms with Gasteiger partial charge in [-0.15, -0.1) is 0 Å². The van der Waals surface area contributed by atoms with Gasteiger partial charge in [0.25, 0.3) is 0 Å². The van der Waals surface area contributed by atoms with Crippen molar-refractivity contribution in [3.63, 3.8) is 0 Å². The first-order chi connectivity index (χ1) is 8.13. The number of hydrogen-bond acceptors (Lipinski definition) is 4. The number of rotatable bonds is 4. The Morgan fingerprint density at radius 3 is 2.88 bits per heavy atom. The van der Waals surface area contributed by atoms with Crippen LogP contribution >= 0.6 is 24.0 Å². The van der Waals surface area contributed by atoms with Gasteiger partial charge in [-0.25, -0.2) is 4.98 Å². The normalized spacial score (nSPS) is 16.2. The standard InChI is InChI=1S/C12H18N2OS2/c1-4-15-10(7(2)3)11-13-9-6-17-5-8(9)12(16)14-11/h7,10H,4-6H2,1-3H3,(H,13,14,16). The number of aromatic nitrogens is 2. The second-order valence-corrected chi connectivity index (χ2v) is 5.87. The molecule has 1 atom stereocenters. The fourth-order valence-electron chi connectivity index (χ4n) is 1.99. The van der Waals surface area contributed by atoms with Crippen molar-refractivity contribution in [3.05, 3.63) is 21.7 Å². The van der Waals surface area contributed by atoms with E-state index in [-0.39, 0.29) is 6.10 Å². The quantitative estimate of drug-likeness (QED) is 0.848. The molecule has 1 N–H and O–H groups in total. The Hall–Kier alpha value is -0.390. The van der Waals surface area contributed by atoms with Gasteiger partial charge in [0, 0.05) is 29.4 Å². The van der Waals surface area contributed by atoms with Crippen LogP contribution in [0.4, 0.5) is 0 Å². The molecule has 5 heteroatoms. The van der Waals surface area contributed by atoms with Crippen LogP contribution in [0.5, 0.6) is 0 Å². The third-order valence-electron chi connectivity index (χ3n) is 2.84. The Balaban J connectivity index is 2.38. The minimum absolute atomic E-state index is 0.0117. The topological polar surface area (TPSA) is 37.9 Å². The van der Waals surface area contributed by atoms with Gasteiger partial charge in [0.15, 0.2) is 0 Å². The van der Waals surface area contributed by atoms with Crippen LogP contribution < -0.4 is 0 Å². The lowest BCUT2D eigenvalue weighted by molar-refractivity contribution is 0.0230. The molecule has 1 aliphatic rings. The summed E-state index contributed by atoms with van der Waals surface area (Å²) in [4.78, 5) is 7.91. The Bertz CT molecular complexity index is 456. The molecule has 1 unspecified atom stereocenters. The fourth-order valence-corrected chi connectivity index (χ4v) is 3.45. The molecule has 0 aliphatic carbocycles. The largest absolute Gasteiger partial charge is 0.370 e. The van der Waals surface area contributed by atoms with Gasteiger partial charge in [-0.2, -0.15) is 11.8 Å². The van der Waals surface area contributed by atoms with Gasteiger partial charge in [-0.1, -0.05) is 26.1 Å². The highest BCUT2D eigenvalue weighted by Gasteiger charge is 2.22. The molecular formula is C12H18N2OS2. The lowest BCUT2D eigenvalue weighted by atomic mass is 10.1. The second kappa shape index (κ2) is 5.50. The Labute approximate surface area is 111 Å². The summed E-state index contributed by atoms with van der Waals surface area (Å²) in [6.45, 7) is 6.98. The average molecular weight is 270 g/mol. The molecule has 2 heterocycles. The number of aromatic amines is 1. The third kappa shape index (κ3) is 2.72. The molecular weight excluding hydrogens is 252 g/mol. The van der Waals surface area contributed by atoms with E-state index in [1.165, 1.54) is 11.3 Å². The molecule has 0 bridgehead atoms. The van der Waals surface area contributed by atoms with Gasteiger partial charge in [0.2, 0.25) is 0 Å². The smallest absolute Gasteiger partial charge is 0.137 e. The average Bonchev–Trinajstić information content (AvgIpc) is 2.73. The summed E-state index contributed by atoms with van der Waals surface area (Å²) in [6, 6.07) is 0. The van der Waals surface area contributed by atoms with Gasteiger partial charge in [0.1, 0.15) is 16.6 Å². The van der Waals surface area contributed by atoms with Crippen molar-refractivity contribution < 1.29 is 4.74 Å². The maximum absolute atomic E-state index is 5.76. The highest BCUT2D eigenvalue weighted by Crippen LogP contribution is 2.31. The highest BCUT2D eigenvalue weighted by molar-refractivity contribution is 7.98. The van der Waals surface area contributed by atoms with Crippen LogP contribution in [-0.2, 0) is 16.2 Å². The minimum Gasteiger partial charge on any atom is -0.370 e. The van der Waals surface area contributed by atoms with Crippen LogP contribution in [0.2, 0.25) is 0 Å². The lowest BCUT2D eigenvalue weighted by Crippen LogP contribution is -2.16. The monoisotopic (exact) mass is 270 g/mol. The Morgan fingerprint density at radius 2 is 2.24 bits per heavy atom. The number of thioether (sulfide) groups is 1. The van der Waals surface area contributed by atoms with Crippen LogP contribution in [0.1, 0.15) is 44.0 Å². The number of hydrogen-bond donors (Lipinski definition) is 1. The van der Waals surface area contributed by atoms with Crippen LogP contribution in [0.25, 0.3) is 0 Å². The van der Waals surface area contributed by atoms with Gasteiger partial charge in [-0.3, -0.25) is 0 Å². The third-order valence-corrected chi connectivity index (χ3v) is 4.16. The second-order valence-electron chi connectivity index (χ2n) is 4.50. The summed E-state index contributed by atoms with van der Waals surface area (Å²) >= 11 is 7.24. The first-order valence-electron chi connectivity index (χ1n) is 5.94. The van der Waals surface area contributed by atoms with Crippen molar-refractivity contribution in [2.75, 3.05) is 6.61 Å². The predicted molar refractivity (Wildman–Crippen MR) is 73.6 cm³/mol. The summed E-state index contributed by atoms with van der Waals surface area (Å²) in [5.74, 6) is 3.26. The number of H-pyrrole nitrogens is 1. The number of nitrogens with one attached hydrogen (secondary N) is 1. The van der Waals surface area contributed by atoms with E-state index >= 15 is 0 Å². The summed E-state index contributed by atoms with van der Waals surface area (Å²) < 4.78 is 6.50. The molecule has 1 aliphatic heterocycles. The van der Waals surface area contributed by atoms with E-state index in [1.807, 2.05) is 18.7 Å². The van der Waals surface area contributed by atoms with E-state index in [2.05, 4.69) is 23.8 Å². The molecule has 0 aromatic carbocycles. The number of nitrogens with zero attached hydrogens (tertiary/aromatic N) is 1. The molecule has 0 saturated heterocycles. The molecule has 0 amide bonds. The van der Waals surface area contributed by atoms with Crippen molar-refractivity contribution in [1.29, 1.82) is 0 Å². The molecule has 2 rings (SSSR count). The van der Waals surface area contributed by atoms with Crippen molar-refractivity contribution in [1.82, 2.24) is 9.97 Å². The Kier molecular flexibility index (Phi) is 4.22. The van der Waals surface area contributed by atoms with Crippen LogP contribution in [-0.4, -0.2) is 16.6 Å². The summed E-state index contributed by atoms with van der Waals surface area (Å²) in [5.41, 5.74) is 2.43. The van der Waals surface area contributed by atoms with Crippen LogP contribution in [0.3, 0.4) is 0 Å². The van der Waals surface area contributed by atoms with Gasteiger partial charge >= 0.3 is 0 Å². The molecule has 0 radical (unpaired) electrons. The summed E-state index contributed by atoms with van der Waals surface area (Å²) in [5, 5.41) is 0. The lowest BCUT2D eigenvalue weighted by Gasteiger charge is -2.20. The molecule has 1 aromatic rings. The van der Waals surface area contributed by atoms with Crippen molar-refractivity contribution in [3.8, 4) is 0 Å². The maximum atomic E-state index is 5.76. The highest BCUT2D eigenvalue weighted by atomic mass is 32.2. The van der Waals surface area contributed by atoms with E-state index in [0.29, 0.717) is 12.5 Å². The zero-order chi connectivity index (χ0) is 12.4. The van der Waals surface area contributed by atoms with Crippen molar-refractivity contribution >= 4 is 24.0 Å². The predicted octanol–water partition coefficient (Wildman–Crippen LogP) is 3.62. The van der Waals surface area contributed by atoms with Gasteiger partial charge in [-0.05, 0) is 12.8 Å². The number of ether oxygens (including phenoxy) is 1. The molecule has 94 valence electrons. The molecule has 3 nitrogen and oxygen atoms in total. The van der Waals surface area contributed by atoms with E-state index in [0.717, 1.165) is 22.0 Å². The molecule has 0 spiro atoms. The molecule has 17 heavy (non-hydrogen) atoms. The zero-order valence-electron chi connectivity index (χ0n) is 10.4. The van der Waals surface area contributed by atoms with Gasteiger partial charge in [0.05, 0.1) is 0 Å². The maximum Gasteiger partial charge on any atom is 0.137 e. The SMILES string of the molecule is CCOC(c1nc(=S)c2c([nH]1)CSC2)C(C)C. The van der Waals surface area contributed by atoms with Crippen LogP contribution in [0.15, 0.2) is 0 Å².